The Morgan fingerprint density at radius 2 is 1.96 bits per heavy atom. The van der Waals surface area contributed by atoms with Crippen molar-refractivity contribution >= 4 is 5.91 Å². The van der Waals surface area contributed by atoms with Gasteiger partial charge in [0.05, 0.1) is 11.7 Å². The smallest absolute Gasteiger partial charge is 0.239 e. The highest BCUT2D eigenvalue weighted by molar-refractivity contribution is 5.82. The van der Waals surface area contributed by atoms with Gasteiger partial charge in [0.2, 0.25) is 5.91 Å². The van der Waals surface area contributed by atoms with E-state index in [2.05, 4.69) is 30.4 Å². The van der Waals surface area contributed by atoms with E-state index < -0.39 is 0 Å². The Hall–Kier alpha value is -1.43. The van der Waals surface area contributed by atoms with Crippen LogP contribution in [0.1, 0.15) is 70.4 Å². The molecular formula is C19H33N5O. The second-order valence-electron chi connectivity index (χ2n) is 8.03. The summed E-state index contributed by atoms with van der Waals surface area (Å²) >= 11 is 0. The van der Waals surface area contributed by atoms with Gasteiger partial charge in [-0.05, 0) is 37.5 Å². The summed E-state index contributed by atoms with van der Waals surface area (Å²) in [6, 6.07) is -0.356. The van der Waals surface area contributed by atoms with Crippen LogP contribution in [0.4, 0.5) is 0 Å². The number of piperidine rings is 1. The van der Waals surface area contributed by atoms with E-state index in [4.69, 9.17) is 5.73 Å². The fraction of sp³-hybridized carbons (Fsp3) is 0.842. The molecule has 140 valence electrons. The molecule has 0 spiro atoms. The minimum atomic E-state index is -0.356. The molecule has 1 amide bonds. The highest BCUT2D eigenvalue weighted by Gasteiger charge is 2.29. The maximum absolute atomic E-state index is 12.5. The SMILES string of the molecule is CC[C@H](C)[C@H](N)C(=O)N1CCC(Cn2cc(C3CCCC3)nn2)CC1. The van der Waals surface area contributed by atoms with Crippen LogP contribution >= 0.6 is 0 Å². The number of rotatable bonds is 6. The monoisotopic (exact) mass is 347 g/mol. The zero-order valence-electron chi connectivity index (χ0n) is 15.7. The lowest BCUT2D eigenvalue weighted by Gasteiger charge is -2.34. The van der Waals surface area contributed by atoms with E-state index in [1.54, 1.807) is 0 Å². The molecule has 2 aliphatic rings. The van der Waals surface area contributed by atoms with Crippen LogP contribution in [0.2, 0.25) is 0 Å². The van der Waals surface area contributed by atoms with Gasteiger partial charge in [0.15, 0.2) is 0 Å². The molecule has 0 radical (unpaired) electrons. The first-order valence-electron chi connectivity index (χ1n) is 10.0. The van der Waals surface area contributed by atoms with Gasteiger partial charge in [-0.1, -0.05) is 38.3 Å². The number of nitrogens with two attached hydrogens (primary N) is 1. The maximum atomic E-state index is 12.5. The van der Waals surface area contributed by atoms with E-state index in [1.807, 2.05) is 9.58 Å². The van der Waals surface area contributed by atoms with E-state index >= 15 is 0 Å². The maximum Gasteiger partial charge on any atom is 0.239 e. The van der Waals surface area contributed by atoms with E-state index in [-0.39, 0.29) is 17.9 Å². The van der Waals surface area contributed by atoms with E-state index in [9.17, 15) is 4.79 Å². The summed E-state index contributed by atoms with van der Waals surface area (Å²) in [4.78, 5) is 14.4. The third-order valence-corrected chi connectivity index (χ3v) is 6.24. The highest BCUT2D eigenvalue weighted by Crippen LogP contribution is 2.32. The summed E-state index contributed by atoms with van der Waals surface area (Å²) in [5.41, 5.74) is 7.28. The molecule has 6 nitrogen and oxygen atoms in total. The molecule has 1 saturated carbocycles. The lowest BCUT2D eigenvalue weighted by Crippen LogP contribution is -2.49. The first-order chi connectivity index (χ1) is 12.1. The van der Waals surface area contributed by atoms with Crippen molar-refractivity contribution in [2.45, 2.75) is 77.3 Å². The first-order valence-corrected chi connectivity index (χ1v) is 10.0. The summed E-state index contributed by atoms with van der Waals surface area (Å²) in [5, 5.41) is 8.73. The molecule has 0 aromatic carbocycles. The van der Waals surface area contributed by atoms with Crippen LogP contribution in [-0.4, -0.2) is 44.9 Å². The molecule has 1 aromatic rings. The summed E-state index contributed by atoms with van der Waals surface area (Å²) < 4.78 is 2.01. The average molecular weight is 348 g/mol. The van der Waals surface area contributed by atoms with Crippen LogP contribution in [0, 0.1) is 11.8 Å². The van der Waals surface area contributed by atoms with Crippen molar-refractivity contribution in [3.63, 3.8) is 0 Å². The van der Waals surface area contributed by atoms with E-state index in [0.29, 0.717) is 11.8 Å². The van der Waals surface area contributed by atoms with Crippen molar-refractivity contribution in [2.75, 3.05) is 13.1 Å². The van der Waals surface area contributed by atoms with Crippen LogP contribution < -0.4 is 5.73 Å². The van der Waals surface area contributed by atoms with Gasteiger partial charge in [-0.2, -0.15) is 0 Å². The Kier molecular flexibility index (Phi) is 6.10. The van der Waals surface area contributed by atoms with Crippen LogP contribution in [0.5, 0.6) is 0 Å². The molecule has 3 rings (SSSR count). The van der Waals surface area contributed by atoms with Gasteiger partial charge in [0.25, 0.3) is 0 Å². The normalized spacial score (nSPS) is 22.3. The second kappa shape index (κ2) is 8.30. The Labute approximate surface area is 151 Å². The number of hydrogen-bond acceptors (Lipinski definition) is 4. The molecule has 25 heavy (non-hydrogen) atoms. The predicted octanol–water partition coefficient (Wildman–Crippen LogP) is 2.55. The lowest BCUT2D eigenvalue weighted by molar-refractivity contribution is -0.135. The van der Waals surface area contributed by atoms with Crippen LogP contribution in [-0.2, 0) is 11.3 Å². The van der Waals surface area contributed by atoms with E-state index in [0.717, 1.165) is 38.9 Å². The third-order valence-electron chi connectivity index (χ3n) is 6.24. The number of aromatic nitrogens is 3. The van der Waals surface area contributed by atoms with Gasteiger partial charge < -0.3 is 10.6 Å². The first kappa shape index (κ1) is 18.4. The Balaban J connectivity index is 1.47. The van der Waals surface area contributed by atoms with Crippen LogP contribution in [0.25, 0.3) is 0 Å². The second-order valence-corrected chi connectivity index (χ2v) is 8.03. The summed E-state index contributed by atoms with van der Waals surface area (Å²) in [6.07, 6.45) is 10.3. The minimum absolute atomic E-state index is 0.122. The van der Waals surface area contributed by atoms with Gasteiger partial charge in [-0.3, -0.25) is 9.48 Å². The number of hydrogen-bond donors (Lipinski definition) is 1. The number of amides is 1. The molecule has 2 atom stereocenters. The zero-order valence-corrected chi connectivity index (χ0v) is 15.7. The van der Waals surface area contributed by atoms with Crippen molar-refractivity contribution in [1.82, 2.24) is 19.9 Å². The number of likely N-dealkylation sites (tertiary alicyclic amines) is 1. The Bertz CT molecular complexity index is 558. The van der Waals surface area contributed by atoms with Gasteiger partial charge in [0.1, 0.15) is 0 Å². The largest absolute Gasteiger partial charge is 0.341 e. The van der Waals surface area contributed by atoms with Crippen molar-refractivity contribution in [2.24, 2.45) is 17.6 Å². The minimum Gasteiger partial charge on any atom is -0.341 e. The predicted molar refractivity (Wildman–Crippen MR) is 98.0 cm³/mol. The number of nitrogens with zero attached hydrogens (tertiary/aromatic N) is 4. The molecule has 2 N–H and O–H groups in total. The van der Waals surface area contributed by atoms with Gasteiger partial charge in [-0.15, -0.1) is 5.10 Å². The molecule has 0 bridgehead atoms. The number of carbonyl (C=O) groups is 1. The standard InChI is InChI=1S/C19H33N5O/c1-3-14(2)18(20)19(25)23-10-8-15(9-11-23)12-24-13-17(21-22-24)16-6-4-5-7-16/h13-16,18H,3-12,20H2,1-2H3/t14-,18-/m0/s1. The van der Waals surface area contributed by atoms with Crippen molar-refractivity contribution in [3.05, 3.63) is 11.9 Å². The molecule has 2 heterocycles. The van der Waals surface area contributed by atoms with Crippen LogP contribution in [0.15, 0.2) is 6.20 Å². The fourth-order valence-corrected chi connectivity index (χ4v) is 4.12. The molecule has 1 aromatic heterocycles. The van der Waals surface area contributed by atoms with Crippen LogP contribution in [0.3, 0.4) is 0 Å². The summed E-state index contributed by atoms with van der Waals surface area (Å²) in [5.74, 6) is 1.56. The fourth-order valence-electron chi connectivity index (χ4n) is 4.12. The lowest BCUT2D eigenvalue weighted by atomic mass is 9.94. The molecule has 6 heteroatoms. The van der Waals surface area contributed by atoms with Gasteiger partial charge in [0, 0.05) is 31.7 Å². The van der Waals surface area contributed by atoms with Crippen molar-refractivity contribution in [3.8, 4) is 0 Å². The summed E-state index contributed by atoms with van der Waals surface area (Å²) in [7, 11) is 0. The zero-order chi connectivity index (χ0) is 17.8. The third kappa shape index (κ3) is 4.40. The quantitative estimate of drug-likeness (QED) is 0.858. The molecule has 0 unspecified atom stereocenters. The molecule has 1 aliphatic heterocycles. The topological polar surface area (TPSA) is 77.0 Å². The average Bonchev–Trinajstić information content (AvgIpc) is 3.32. The van der Waals surface area contributed by atoms with Crippen molar-refractivity contribution in [1.29, 1.82) is 0 Å². The van der Waals surface area contributed by atoms with Crippen molar-refractivity contribution < 1.29 is 4.79 Å². The Morgan fingerprint density at radius 3 is 2.60 bits per heavy atom. The highest BCUT2D eigenvalue weighted by atomic mass is 16.2. The Morgan fingerprint density at radius 1 is 1.28 bits per heavy atom. The molecule has 1 aliphatic carbocycles. The molecular weight excluding hydrogens is 314 g/mol. The van der Waals surface area contributed by atoms with E-state index in [1.165, 1.54) is 31.4 Å². The molecule has 2 fully saturated rings. The number of carbonyl (C=O) groups excluding carboxylic acids is 1. The molecule has 1 saturated heterocycles. The van der Waals surface area contributed by atoms with Gasteiger partial charge >= 0.3 is 0 Å². The van der Waals surface area contributed by atoms with Gasteiger partial charge in [-0.25, -0.2) is 0 Å². The summed E-state index contributed by atoms with van der Waals surface area (Å²) in [6.45, 7) is 6.69.